The maximum atomic E-state index is 8.62. The van der Waals surface area contributed by atoms with Crippen molar-refractivity contribution >= 4 is 0 Å². The van der Waals surface area contributed by atoms with Crippen molar-refractivity contribution < 1.29 is 19.7 Å². The molecular weight excluding hydrogens is 184 g/mol. The van der Waals surface area contributed by atoms with Crippen LogP contribution in [-0.4, -0.2) is 47.8 Å². The van der Waals surface area contributed by atoms with Crippen LogP contribution in [0.15, 0.2) is 0 Å². The second-order valence-electron chi connectivity index (χ2n) is 3.09. The van der Waals surface area contributed by atoms with Gasteiger partial charge >= 0.3 is 0 Å². The Morgan fingerprint density at radius 1 is 0.857 bits per heavy atom. The molecule has 0 aliphatic carbocycles. The summed E-state index contributed by atoms with van der Waals surface area (Å²) in [7, 11) is 0. The quantitative estimate of drug-likeness (QED) is 0.415. The Morgan fingerprint density at radius 2 is 1.29 bits per heavy atom. The van der Waals surface area contributed by atoms with Gasteiger partial charge in [0.15, 0.2) is 0 Å². The van der Waals surface area contributed by atoms with Gasteiger partial charge in [-0.2, -0.15) is 0 Å². The van der Waals surface area contributed by atoms with Crippen LogP contribution in [0.1, 0.15) is 0 Å². The maximum Gasteiger partial charge on any atom is 0.148 e. The van der Waals surface area contributed by atoms with Gasteiger partial charge in [0.25, 0.3) is 0 Å². The van der Waals surface area contributed by atoms with Crippen LogP contribution in [0.2, 0.25) is 0 Å². The Balaban J connectivity index is 1.72. The van der Waals surface area contributed by atoms with Crippen molar-refractivity contribution in [2.24, 2.45) is 0 Å². The first-order valence-electron chi connectivity index (χ1n) is 4.39. The monoisotopic (exact) mass is 194 g/mol. The molecule has 2 fully saturated rings. The maximum absolute atomic E-state index is 8.62. The molecule has 2 aliphatic rings. The molecule has 0 aromatic heterocycles. The van der Waals surface area contributed by atoms with Gasteiger partial charge in [0, 0.05) is 0 Å². The van der Waals surface area contributed by atoms with Gasteiger partial charge in [-0.1, -0.05) is 11.8 Å². The lowest BCUT2D eigenvalue weighted by Gasteiger charge is -1.74. The van der Waals surface area contributed by atoms with Crippen molar-refractivity contribution in [1.82, 2.24) is 0 Å². The van der Waals surface area contributed by atoms with Gasteiger partial charge in [0.2, 0.25) is 0 Å². The third-order valence-electron chi connectivity index (χ3n) is 2.02. The third kappa shape index (κ3) is 2.25. The lowest BCUT2D eigenvalue weighted by molar-refractivity contribution is 0.243. The molecule has 2 aliphatic heterocycles. The molecule has 2 heterocycles. The highest BCUT2D eigenvalue weighted by Gasteiger charge is 2.37. The summed E-state index contributed by atoms with van der Waals surface area (Å²) >= 11 is 0. The summed E-state index contributed by atoms with van der Waals surface area (Å²) in [5, 5.41) is 17.2. The van der Waals surface area contributed by atoms with Gasteiger partial charge in [-0.25, -0.2) is 0 Å². The van der Waals surface area contributed by atoms with Crippen molar-refractivity contribution in [3.8, 4) is 23.7 Å². The molecule has 2 rings (SSSR count). The summed E-state index contributed by atoms with van der Waals surface area (Å²) in [6, 6.07) is 0. The van der Waals surface area contributed by atoms with E-state index in [1.807, 2.05) is 0 Å². The third-order valence-corrected chi connectivity index (χ3v) is 2.02. The standard InChI is InChI=1S/C10H10O4/c11-5-9-7(13-9)3-1-2-4-8-10(6-12)14-8/h7-12H,5-6H2/t7-,8-,9+,10+/m1/s1. The minimum absolute atomic E-state index is 0.00506. The highest BCUT2D eigenvalue weighted by Crippen LogP contribution is 2.20. The molecule has 0 unspecified atom stereocenters. The average molecular weight is 194 g/mol. The number of hydrogen-bond acceptors (Lipinski definition) is 4. The first-order chi connectivity index (χ1) is 6.85. The molecule has 4 nitrogen and oxygen atoms in total. The van der Waals surface area contributed by atoms with Gasteiger partial charge in [-0.05, 0) is 11.8 Å². The second kappa shape index (κ2) is 4.00. The van der Waals surface area contributed by atoms with Crippen LogP contribution in [0.25, 0.3) is 0 Å². The Bertz CT molecular complexity index is 296. The highest BCUT2D eigenvalue weighted by molar-refractivity contribution is 5.32. The van der Waals surface area contributed by atoms with Gasteiger partial charge in [0.1, 0.15) is 24.4 Å². The molecule has 2 N–H and O–H groups in total. The van der Waals surface area contributed by atoms with Crippen LogP contribution in [0.4, 0.5) is 0 Å². The summed E-state index contributed by atoms with van der Waals surface area (Å²) in [6.07, 6.45) is -0.593. The Hall–Kier alpha value is -1.04. The van der Waals surface area contributed by atoms with Crippen molar-refractivity contribution in [3.05, 3.63) is 0 Å². The van der Waals surface area contributed by atoms with E-state index in [1.165, 1.54) is 0 Å². The molecule has 0 bridgehead atoms. The van der Waals surface area contributed by atoms with Crippen molar-refractivity contribution in [2.45, 2.75) is 24.4 Å². The molecule has 0 radical (unpaired) electrons. The van der Waals surface area contributed by atoms with E-state index in [9.17, 15) is 0 Å². The van der Waals surface area contributed by atoms with Crippen LogP contribution < -0.4 is 0 Å². The summed E-state index contributed by atoms with van der Waals surface area (Å²) in [5.41, 5.74) is 0. The van der Waals surface area contributed by atoms with Gasteiger partial charge in [-0.3, -0.25) is 0 Å². The van der Waals surface area contributed by atoms with Gasteiger partial charge in [0.05, 0.1) is 13.2 Å². The van der Waals surface area contributed by atoms with Crippen molar-refractivity contribution in [3.63, 3.8) is 0 Å². The van der Waals surface area contributed by atoms with Crippen LogP contribution in [0, 0.1) is 23.7 Å². The van der Waals surface area contributed by atoms with Crippen LogP contribution >= 0.6 is 0 Å². The molecule has 74 valence electrons. The lowest BCUT2D eigenvalue weighted by atomic mass is 10.3. The highest BCUT2D eigenvalue weighted by atomic mass is 16.6. The van der Waals surface area contributed by atoms with Gasteiger partial charge in [-0.15, -0.1) is 0 Å². The summed E-state index contributed by atoms with van der Waals surface area (Å²) < 4.78 is 9.94. The van der Waals surface area contributed by atoms with Crippen molar-refractivity contribution in [2.75, 3.05) is 13.2 Å². The zero-order chi connectivity index (χ0) is 9.97. The minimum atomic E-state index is -0.164. The van der Waals surface area contributed by atoms with Crippen molar-refractivity contribution in [1.29, 1.82) is 0 Å². The number of rotatable bonds is 2. The smallest absolute Gasteiger partial charge is 0.148 e. The fourth-order valence-corrected chi connectivity index (χ4v) is 1.03. The zero-order valence-electron chi connectivity index (χ0n) is 7.43. The fraction of sp³-hybridized carbons (Fsp3) is 0.600. The van der Waals surface area contributed by atoms with Crippen LogP contribution in [0.3, 0.4) is 0 Å². The van der Waals surface area contributed by atoms with Crippen LogP contribution in [-0.2, 0) is 9.47 Å². The molecule has 4 heteroatoms. The molecule has 0 spiro atoms. The van der Waals surface area contributed by atoms with E-state index in [-0.39, 0.29) is 37.6 Å². The van der Waals surface area contributed by atoms with E-state index in [1.54, 1.807) is 0 Å². The SMILES string of the molecule is OC[C@@H]1O[C@@H]1C#CC#C[C@H]1O[C@H]1CO. The first kappa shape index (κ1) is 9.51. The topological polar surface area (TPSA) is 65.5 Å². The van der Waals surface area contributed by atoms with E-state index in [4.69, 9.17) is 19.7 Å². The van der Waals surface area contributed by atoms with Crippen LogP contribution in [0.5, 0.6) is 0 Å². The normalized spacial score (nSPS) is 37.6. The molecular formula is C10H10O4. The Labute approximate surface area is 81.8 Å². The summed E-state index contributed by atoms with van der Waals surface area (Å²) in [4.78, 5) is 0. The molecule has 4 atom stereocenters. The van der Waals surface area contributed by atoms with Gasteiger partial charge < -0.3 is 19.7 Å². The molecule has 0 saturated carbocycles. The molecule has 0 aromatic carbocycles. The van der Waals surface area contributed by atoms with E-state index in [0.717, 1.165) is 0 Å². The lowest BCUT2D eigenvalue weighted by Crippen LogP contribution is -1.96. The van der Waals surface area contributed by atoms with E-state index in [0.29, 0.717) is 0 Å². The van der Waals surface area contributed by atoms with E-state index in [2.05, 4.69) is 23.7 Å². The molecule has 2 saturated heterocycles. The van der Waals surface area contributed by atoms with E-state index >= 15 is 0 Å². The number of epoxide rings is 2. The predicted octanol–water partition coefficient (Wildman–Crippen LogP) is -1.49. The Kier molecular flexibility index (Phi) is 2.72. The number of aliphatic hydroxyl groups excluding tert-OH is 2. The zero-order valence-corrected chi connectivity index (χ0v) is 7.43. The molecule has 14 heavy (non-hydrogen) atoms. The average Bonchev–Trinajstić information content (AvgIpc) is 3.08. The number of hydrogen-bond donors (Lipinski definition) is 2. The summed E-state index contributed by atoms with van der Waals surface area (Å²) in [5.74, 6) is 10.7. The number of ether oxygens (including phenoxy) is 2. The molecule has 0 aromatic rings. The largest absolute Gasteiger partial charge is 0.394 e. The predicted molar refractivity (Wildman–Crippen MR) is 47.0 cm³/mol. The van der Waals surface area contributed by atoms with E-state index < -0.39 is 0 Å². The number of aliphatic hydroxyl groups is 2. The minimum Gasteiger partial charge on any atom is -0.394 e. The Morgan fingerprint density at radius 3 is 1.57 bits per heavy atom. The summed E-state index contributed by atoms with van der Waals surface area (Å²) in [6.45, 7) is 0.0101. The fourth-order valence-electron chi connectivity index (χ4n) is 1.03. The molecule has 0 amide bonds. The second-order valence-corrected chi connectivity index (χ2v) is 3.09. The first-order valence-corrected chi connectivity index (χ1v) is 4.39.